The molecule has 0 aromatic heterocycles. The molecule has 6 heteroatoms. The van der Waals surface area contributed by atoms with Crippen LogP contribution >= 0.6 is 0 Å². The van der Waals surface area contributed by atoms with Crippen molar-refractivity contribution < 1.29 is 14.4 Å². The van der Waals surface area contributed by atoms with Crippen LogP contribution in [0.3, 0.4) is 0 Å². The van der Waals surface area contributed by atoms with Crippen molar-refractivity contribution in [3.8, 4) is 0 Å². The summed E-state index contributed by atoms with van der Waals surface area (Å²) in [5.41, 5.74) is 1.94. The van der Waals surface area contributed by atoms with E-state index < -0.39 is 6.04 Å². The fraction of sp³-hybridized carbons (Fsp3) is 0.571. The van der Waals surface area contributed by atoms with E-state index in [1.807, 2.05) is 29.2 Å². The van der Waals surface area contributed by atoms with Gasteiger partial charge >= 0.3 is 0 Å². The number of amides is 3. The maximum absolute atomic E-state index is 12.8. The average molecular weight is 371 g/mol. The van der Waals surface area contributed by atoms with Crippen molar-refractivity contribution in [3.63, 3.8) is 0 Å². The van der Waals surface area contributed by atoms with Gasteiger partial charge in [0.25, 0.3) is 5.91 Å². The topological polar surface area (TPSA) is 69.7 Å². The lowest BCUT2D eigenvalue weighted by atomic mass is 10.0. The van der Waals surface area contributed by atoms with Gasteiger partial charge in [0.1, 0.15) is 6.04 Å². The van der Waals surface area contributed by atoms with Crippen LogP contribution in [0.25, 0.3) is 0 Å². The first-order valence-corrected chi connectivity index (χ1v) is 9.90. The molecule has 27 heavy (non-hydrogen) atoms. The number of carbonyl (C=O) groups excluding carboxylic acids is 3. The van der Waals surface area contributed by atoms with Gasteiger partial charge in [-0.25, -0.2) is 0 Å². The molecule has 3 amide bonds. The van der Waals surface area contributed by atoms with E-state index >= 15 is 0 Å². The van der Waals surface area contributed by atoms with E-state index in [-0.39, 0.29) is 17.7 Å². The van der Waals surface area contributed by atoms with E-state index in [1.54, 1.807) is 4.90 Å². The van der Waals surface area contributed by atoms with Crippen molar-refractivity contribution in [1.29, 1.82) is 0 Å². The highest BCUT2D eigenvalue weighted by Gasteiger charge is 2.32. The highest BCUT2D eigenvalue weighted by atomic mass is 16.2. The summed E-state index contributed by atoms with van der Waals surface area (Å²) in [5.74, 6) is 0.536. The third kappa shape index (κ3) is 4.87. The molecule has 1 unspecified atom stereocenters. The number of benzene rings is 1. The molecule has 0 aliphatic carbocycles. The Hall–Kier alpha value is -2.37. The summed E-state index contributed by atoms with van der Waals surface area (Å²) in [4.78, 5) is 40.4. The number of hydrogen-bond donors (Lipinski definition) is 1. The Kier molecular flexibility index (Phi) is 6.14. The molecule has 146 valence electrons. The van der Waals surface area contributed by atoms with Crippen LogP contribution in [0.4, 0.5) is 0 Å². The first-order chi connectivity index (χ1) is 12.9. The Morgan fingerprint density at radius 1 is 1.07 bits per heavy atom. The summed E-state index contributed by atoms with van der Waals surface area (Å²) >= 11 is 0. The molecular weight excluding hydrogens is 342 g/mol. The number of nitrogens with zero attached hydrogens (tertiary/aromatic N) is 2. The highest BCUT2D eigenvalue weighted by molar-refractivity contribution is 5.94. The number of rotatable bonds is 4. The van der Waals surface area contributed by atoms with Crippen LogP contribution in [0.15, 0.2) is 24.3 Å². The Labute approximate surface area is 160 Å². The summed E-state index contributed by atoms with van der Waals surface area (Å²) in [6, 6.07) is 7.48. The Balaban J connectivity index is 1.57. The first kappa shape index (κ1) is 19.4. The molecule has 0 saturated carbocycles. The van der Waals surface area contributed by atoms with E-state index in [1.165, 1.54) is 5.56 Å². The highest BCUT2D eigenvalue weighted by Crippen LogP contribution is 2.15. The van der Waals surface area contributed by atoms with Crippen LogP contribution in [-0.2, 0) is 16.0 Å². The molecule has 1 N–H and O–H groups in total. The smallest absolute Gasteiger partial charge is 0.253 e. The lowest BCUT2D eigenvalue weighted by Gasteiger charge is -2.24. The van der Waals surface area contributed by atoms with Gasteiger partial charge < -0.3 is 15.1 Å². The predicted molar refractivity (Wildman–Crippen MR) is 103 cm³/mol. The van der Waals surface area contributed by atoms with Gasteiger partial charge in [-0.3, -0.25) is 14.4 Å². The van der Waals surface area contributed by atoms with Gasteiger partial charge in [0, 0.05) is 38.2 Å². The molecule has 0 bridgehead atoms. The van der Waals surface area contributed by atoms with Crippen LogP contribution in [0, 0.1) is 5.92 Å². The fourth-order valence-corrected chi connectivity index (χ4v) is 3.80. The number of nitrogens with one attached hydrogen (secondary N) is 1. The molecule has 2 saturated heterocycles. The van der Waals surface area contributed by atoms with Gasteiger partial charge in [0.2, 0.25) is 11.8 Å². The zero-order valence-electron chi connectivity index (χ0n) is 16.2. The molecule has 0 radical (unpaired) electrons. The van der Waals surface area contributed by atoms with Gasteiger partial charge in [-0.05, 0) is 42.9 Å². The van der Waals surface area contributed by atoms with Crippen LogP contribution in [-0.4, -0.2) is 59.7 Å². The van der Waals surface area contributed by atoms with Crippen LogP contribution in [0.5, 0.6) is 0 Å². The molecule has 2 aliphatic heterocycles. The van der Waals surface area contributed by atoms with Crippen molar-refractivity contribution in [3.05, 3.63) is 35.4 Å². The Bertz CT molecular complexity index is 699. The van der Waals surface area contributed by atoms with E-state index in [0.29, 0.717) is 50.5 Å². The van der Waals surface area contributed by atoms with Crippen molar-refractivity contribution in [2.75, 3.05) is 26.2 Å². The molecule has 1 aromatic rings. The predicted octanol–water partition coefficient (Wildman–Crippen LogP) is 1.84. The summed E-state index contributed by atoms with van der Waals surface area (Å²) in [7, 11) is 0. The van der Waals surface area contributed by atoms with E-state index in [9.17, 15) is 14.4 Å². The van der Waals surface area contributed by atoms with Crippen LogP contribution in [0.1, 0.15) is 49.0 Å². The van der Waals surface area contributed by atoms with Gasteiger partial charge in [0.15, 0.2) is 0 Å². The lowest BCUT2D eigenvalue weighted by Crippen LogP contribution is -2.46. The third-order valence-corrected chi connectivity index (χ3v) is 5.23. The fourth-order valence-electron chi connectivity index (χ4n) is 3.80. The molecule has 2 aliphatic rings. The van der Waals surface area contributed by atoms with Crippen LogP contribution in [0.2, 0.25) is 0 Å². The van der Waals surface area contributed by atoms with Gasteiger partial charge in [0.05, 0.1) is 0 Å². The minimum Gasteiger partial charge on any atom is -0.344 e. The molecule has 0 spiro atoms. The molecule has 6 nitrogen and oxygen atoms in total. The third-order valence-electron chi connectivity index (χ3n) is 5.23. The quantitative estimate of drug-likeness (QED) is 0.878. The Morgan fingerprint density at radius 3 is 2.37 bits per heavy atom. The van der Waals surface area contributed by atoms with Gasteiger partial charge in [-0.1, -0.05) is 26.0 Å². The summed E-state index contributed by atoms with van der Waals surface area (Å²) in [6.07, 6.45) is 2.75. The lowest BCUT2D eigenvalue weighted by molar-refractivity contribution is -0.134. The molecule has 1 aromatic carbocycles. The number of hydrogen-bond acceptors (Lipinski definition) is 3. The second-order valence-electron chi connectivity index (χ2n) is 7.92. The summed E-state index contributed by atoms with van der Waals surface area (Å²) in [6.45, 7) is 6.68. The van der Waals surface area contributed by atoms with Crippen molar-refractivity contribution in [2.45, 2.75) is 45.6 Å². The molecule has 2 fully saturated rings. The molecule has 1 atom stereocenters. The first-order valence-electron chi connectivity index (χ1n) is 9.90. The second-order valence-corrected chi connectivity index (χ2v) is 7.92. The number of carbonyl (C=O) groups is 3. The van der Waals surface area contributed by atoms with Crippen molar-refractivity contribution >= 4 is 17.7 Å². The van der Waals surface area contributed by atoms with E-state index in [0.717, 1.165) is 12.8 Å². The minimum absolute atomic E-state index is 0.0202. The molecular formula is C21H29N3O3. The zero-order valence-corrected chi connectivity index (χ0v) is 16.2. The van der Waals surface area contributed by atoms with E-state index in [4.69, 9.17) is 0 Å². The monoisotopic (exact) mass is 371 g/mol. The van der Waals surface area contributed by atoms with E-state index in [2.05, 4.69) is 19.2 Å². The average Bonchev–Trinajstić information content (AvgIpc) is 2.93. The maximum Gasteiger partial charge on any atom is 0.253 e. The second kappa shape index (κ2) is 8.55. The molecule has 2 heterocycles. The van der Waals surface area contributed by atoms with Gasteiger partial charge in [-0.2, -0.15) is 0 Å². The largest absolute Gasteiger partial charge is 0.344 e. The zero-order chi connectivity index (χ0) is 19.4. The molecule has 3 rings (SSSR count). The minimum atomic E-state index is -0.395. The SMILES string of the molecule is CC(C)Cc1ccc(C(=O)N2CCCN(C(=O)C3CCC(=O)N3)CC2)cc1. The van der Waals surface area contributed by atoms with Gasteiger partial charge in [-0.15, -0.1) is 0 Å². The van der Waals surface area contributed by atoms with Crippen molar-refractivity contribution in [1.82, 2.24) is 15.1 Å². The Morgan fingerprint density at radius 2 is 1.74 bits per heavy atom. The van der Waals surface area contributed by atoms with Crippen LogP contribution < -0.4 is 5.32 Å². The van der Waals surface area contributed by atoms with Crippen molar-refractivity contribution in [2.24, 2.45) is 5.92 Å². The normalized spacial score (nSPS) is 20.6. The summed E-state index contributed by atoms with van der Waals surface area (Å²) in [5, 5.41) is 2.74. The standard InChI is InChI=1S/C21H29N3O3/c1-15(2)14-16-4-6-17(7-5-16)20(26)23-10-3-11-24(13-12-23)21(27)18-8-9-19(25)22-18/h4-7,15,18H,3,8-14H2,1-2H3,(H,22,25). The summed E-state index contributed by atoms with van der Waals surface area (Å²) < 4.78 is 0. The maximum atomic E-state index is 12.8.